The molecule has 5 rings (SSSR count). The van der Waals surface area contributed by atoms with E-state index in [2.05, 4.69) is 52.6 Å². The molecule has 2 aromatic heterocycles. The molecule has 0 atom stereocenters. The molecule has 208 valence electrons. The van der Waals surface area contributed by atoms with Gasteiger partial charge >= 0.3 is 5.97 Å². The highest BCUT2D eigenvalue weighted by Crippen LogP contribution is 2.44. The molecule has 0 aliphatic rings. The van der Waals surface area contributed by atoms with E-state index in [0.29, 0.717) is 22.9 Å². The third-order valence-electron chi connectivity index (χ3n) is 7.19. The summed E-state index contributed by atoms with van der Waals surface area (Å²) in [6.07, 6.45) is 0. The van der Waals surface area contributed by atoms with Crippen molar-refractivity contribution in [1.82, 2.24) is 9.97 Å². The summed E-state index contributed by atoms with van der Waals surface area (Å²) in [5, 5.41) is 23.2. The molecule has 0 aliphatic heterocycles. The molecule has 2 N–H and O–H groups in total. The van der Waals surface area contributed by atoms with E-state index in [4.69, 9.17) is 4.98 Å². The molecule has 5 aromatic rings. The van der Waals surface area contributed by atoms with E-state index in [-0.39, 0.29) is 22.3 Å². The number of aromatic nitrogens is 2. The standard InChI is InChI=1S/C35H35N3O3/c1-34(2,3)23-20-26(32(39)27(21-23)35(4,5)6)31-25-16-11-10-13-22(25)19-30(37-31)38(24-14-8-7-9-15-24)29-18-12-17-28(36-29)33(40)41/h7-21,39H,1-6H3,(H,40,41). The number of phenolic OH excluding ortho intramolecular Hbond substituents is 1. The summed E-state index contributed by atoms with van der Waals surface area (Å²) in [6.45, 7) is 12.8. The number of anilines is 3. The van der Waals surface area contributed by atoms with E-state index < -0.39 is 5.97 Å². The van der Waals surface area contributed by atoms with Gasteiger partial charge < -0.3 is 10.2 Å². The zero-order valence-corrected chi connectivity index (χ0v) is 24.3. The molecule has 0 saturated carbocycles. The summed E-state index contributed by atoms with van der Waals surface area (Å²) in [4.78, 5) is 23.3. The normalized spacial score (nSPS) is 12.0. The lowest BCUT2D eigenvalue weighted by molar-refractivity contribution is 0.0690. The Kier molecular flexibility index (Phi) is 7.03. The molecule has 6 nitrogen and oxygen atoms in total. The van der Waals surface area contributed by atoms with Crippen LogP contribution >= 0.6 is 0 Å². The first-order chi connectivity index (χ1) is 19.3. The van der Waals surface area contributed by atoms with Gasteiger partial charge in [-0.1, -0.05) is 96.1 Å². The van der Waals surface area contributed by atoms with Gasteiger partial charge in [-0.05, 0) is 58.2 Å². The van der Waals surface area contributed by atoms with Gasteiger partial charge in [0, 0.05) is 22.2 Å². The van der Waals surface area contributed by atoms with Crippen LogP contribution in [0.25, 0.3) is 22.0 Å². The average molecular weight is 546 g/mol. The Morgan fingerprint density at radius 3 is 2.07 bits per heavy atom. The van der Waals surface area contributed by atoms with Gasteiger partial charge in [-0.2, -0.15) is 0 Å². The highest BCUT2D eigenvalue weighted by atomic mass is 16.4. The topological polar surface area (TPSA) is 86.6 Å². The van der Waals surface area contributed by atoms with E-state index in [1.54, 1.807) is 12.1 Å². The van der Waals surface area contributed by atoms with Crippen LogP contribution in [0.15, 0.2) is 91.0 Å². The molecule has 0 radical (unpaired) electrons. The Morgan fingerprint density at radius 1 is 0.732 bits per heavy atom. The van der Waals surface area contributed by atoms with Crippen LogP contribution in [0.4, 0.5) is 17.3 Å². The zero-order valence-electron chi connectivity index (χ0n) is 24.3. The van der Waals surface area contributed by atoms with Crippen molar-refractivity contribution in [3.05, 3.63) is 108 Å². The molecule has 3 aromatic carbocycles. The van der Waals surface area contributed by atoms with Crippen molar-refractivity contribution in [2.24, 2.45) is 0 Å². The number of aromatic hydroxyl groups is 1. The number of carboxylic acid groups (broad SMARTS) is 1. The van der Waals surface area contributed by atoms with Crippen molar-refractivity contribution in [3.8, 4) is 17.0 Å². The van der Waals surface area contributed by atoms with Crippen molar-refractivity contribution < 1.29 is 15.0 Å². The highest BCUT2D eigenvalue weighted by molar-refractivity contribution is 5.99. The smallest absolute Gasteiger partial charge is 0.354 e. The number of fused-ring (bicyclic) bond motifs is 1. The quantitative estimate of drug-likeness (QED) is 0.230. The second-order valence-corrected chi connectivity index (χ2v) is 12.3. The van der Waals surface area contributed by atoms with Gasteiger partial charge in [0.2, 0.25) is 0 Å². The Labute approximate surface area is 241 Å². The maximum Gasteiger partial charge on any atom is 0.354 e. The number of rotatable bonds is 5. The summed E-state index contributed by atoms with van der Waals surface area (Å²) in [5.74, 6) is 0.0777. The second kappa shape index (κ2) is 10.4. The maximum atomic E-state index is 11.8. The van der Waals surface area contributed by atoms with Gasteiger partial charge in [-0.3, -0.25) is 4.90 Å². The van der Waals surface area contributed by atoms with Crippen LogP contribution < -0.4 is 4.90 Å². The van der Waals surface area contributed by atoms with Crippen molar-refractivity contribution in [1.29, 1.82) is 0 Å². The zero-order chi connectivity index (χ0) is 29.5. The lowest BCUT2D eigenvalue weighted by Gasteiger charge is -2.28. The van der Waals surface area contributed by atoms with Crippen LogP contribution in [0.2, 0.25) is 0 Å². The second-order valence-electron chi connectivity index (χ2n) is 12.3. The predicted octanol–water partition coefficient (Wildman–Crippen LogP) is 8.77. The Balaban J connectivity index is 1.85. The average Bonchev–Trinajstić information content (AvgIpc) is 2.92. The van der Waals surface area contributed by atoms with Crippen molar-refractivity contribution in [3.63, 3.8) is 0 Å². The van der Waals surface area contributed by atoms with Crippen LogP contribution in [0.3, 0.4) is 0 Å². The summed E-state index contributed by atoms with van der Waals surface area (Å²) in [7, 11) is 0. The van der Waals surface area contributed by atoms with E-state index >= 15 is 0 Å². The first-order valence-corrected chi connectivity index (χ1v) is 13.7. The number of benzene rings is 3. The molecule has 6 heteroatoms. The van der Waals surface area contributed by atoms with Crippen LogP contribution in [0.5, 0.6) is 5.75 Å². The van der Waals surface area contributed by atoms with Crippen LogP contribution in [-0.4, -0.2) is 26.2 Å². The lowest BCUT2D eigenvalue weighted by Crippen LogP contribution is -2.17. The molecule has 0 amide bonds. The van der Waals surface area contributed by atoms with Crippen molar-refractivity contribution in [2.45, 2.75) is 52.4 Å². The fraction of sp³-hybridized carbons (Fsp3) is 0.229. The number of carbonyl (C=O) groups is 1. The molecule has 0 spiro atoms. The number of phenols is 1. The van der Waals surface area contributed by atoms with Gasteiger partial charge in [-0.15, -0.1) is 0 Å². The molecule has 0 unspecified atom stereocenters. The maximum absolute atomic E-state index is 11.8. The number of aromatic carboxylic acids is 1. The fourth-order valence-corrected chi connectivity index (χ4v) is 4.95. The number of hydrogen-bond donors (Lipinski definition) is 2. The van der Waals surface area contributed by atoms with Gasteiger partial charge in [0.1, 0.15) is 17.4 Å². The first kappa shape index (κ1) is 27.8. The summed E-state index contributed by atoms with van der Waals surface area (Å²) in [5.41, 5.74) is 3.50. The van der Waals surface area contributed by atoms with E-state index in [1.165, 1.54) is 6.07 Å². The van der Waals surface area contributed by atoms with Gasteiger partial charge in [-0.25, -0.2) is 14.8 Å². The summed E-state index contributed by atoms with van der Waals surface area (Å²) in [6, 6.07) is 28.6. The molecule has 0 bridgehead atoms. The first-order valence-electron chi connectivity index (χ1n) is 13.7. The minimum atomic E-state index is -1.11. The number of nitrogens with zero attached hydrogens (tertiary/aromatic N) is 3. The molecule has 41 heavy (non-hydrogen) atoms. The van der Waals surface area contributed by atoms with Crippen molar-refractivity contribution in [2.75, 3.05) is 4.90 Å². The number of carboxylic acids is 1. The van der Waals surface area contributed by atoms with Crippen LogP contribution in [0.1, 0.15) is 63.2 Å². The molecule has 2 heterocycles. The van der Waals surface area contributed by atoms with Gasteiger partial charge in [0.05, 0.1) is 5.69 Å². The van der Waals surface area contributed by atoms with Crippen molar-refractivity contribution >= 4 is 34.1 Å². The molecule has 0 fully saturated rings. The lowest BCUT2D eigenvalue weighted by atomic mass is 9.78. The van der Waals surface area contributed by atoms with E-state index in [1.807, 2.05) is 71.6 Å². The Morgan fingerprint density at radius 2 is 1.41 bits per heavy atom. The number of pyridine rings is 2. The third kappa shape index (κ3) is 5.50. The van der Waals surface area contributed by atoms with Crippen LogP contribution in [0, 0.1) is 0 Å². The minimum Gasteiger partial charge on any atom is -0.507 e. The molecule has 0 saturated heterocycles. The Bertz CT molecular complexity index is 1750. The highest BCUT2D eigenvalue weighted by Gasteiger charge is 2.27. The van der Waals surface area contributed by atoms with Gasteiger partial charge in [0.15, 0.2) is 5.69 Å². The van der Waals surface area contributed by atoms with E-state index in [0.717, 1.165) is 27.6 Å². The van der Waals surface area contributed by atoms with Gasteiger partial charge in [0.25, 0.3) is 0 Å². The summed E-state index contributed by atoms with van der Waals surface area (Å²) < 4.78 is 0. The third-order valence-corrected chi connectivity index (χ3v) is 7.19. The summed E-state index contributed by atoms with van der Waals surface area (Å²) >= 11 is 0. The minimum absolute atomic E-state index is 0.0604. The SMILES string of the molecule is CC(C)(C)c1cc(-c2nc(N(c3ccccc3)c3cccc(C(=O)O)n3)cc3ccccc23)c(O)c(C(C)(C)C)c1. The van der Waals surface area contributed by atoms with Crippen LogP contribution in [-0.2, 0) is 10.8 Å². The molecular formula is C35H35N3O3. The molecular weight excluding hydrogens is 510 g/mol. The van der Waals surface area contributed by atoms with E-state index in [9.17, 15) is 15.0 Å². The number of hydrogen-bond acceptors (Lipinski definition) is 5. The molecule has 0 aliphatic carbocycles. The predicted molar refractivity (Wildman–Crippen MR) is 166 cm³/mol. The largest absolute Gasteiger partial charge is 0.507 e. The Hall–Kier alpha value is -4.71. The number of para-hydroxylation sites is 1. The monoisotopic (exact) mass is 545 g/mol. The fourth-order valence-electron chi connectivity index (χ4n) is 4.95.